The smallest absolute Gasteiger partial charge is 0.00671 e. The average molecular weight is 266 g/mol. The zero-order valence-electron chi connectivity index (χ0n) is 13.2. The van der Waals surface area contributed by atoms with Crippen LogP contribution >= 0.6 is 0 Å². The van der Waals surface area contributed by atoms with Gasteiger partial charge >= 0.3 is 0 Å². The lowest BCUT2D eigenvalue weighted by atomic mass is 9.84. The fourth-order valence-electron chi connectivity index (χ4n) is 4.05. The van der Waals surface area contributed by atoms with Crippen molar-refractivity contribution in [1.29, 1.82) is 0 Å². The van der Waals surface area contributed by atoms with Crippen LogP contribution in [0.5, 0.6) is 0 Å². The summed E-state index contributed by atoms with van der Waals surface area (Å²) in [4.78, 5) is 2.81. The predicted molar refractivity (Wildman–Crippen MR) is 83.6 cm³/mol. The molecule has 0 aromatic carbocycles. The van der Waals surface area contributed by atoms with Crippen molar-refractivity contribution in [3.8, 4) is 0 Å². The molecule has 1 aliphatic carbocycles. The Labute approximate surface area is 120 Å². The molecular formula is C17H34N2. The summed E-state index contributed by atoms with van der Waals surface area (Å²) in [7, 11) is 0. The Bertz CT molecular complexity index is 246. The summed E-state index contributed by atoms with van der Waals surface area (Å²) in [5.41, 5.74) is 0.591. The molecule has 1 saturated carbocycles. The quantitative estimate of drug-likeness (QED) is 0.735. The number of likely N-dealkylation sites (tertiary alicyclic amines) is 1. The average Bonchev–Trinajstić information content (AvgIpc) is 2.77. The summed E-state index contributed by atoms with van der Waals surface area (Å²) in [6.45, 7) is 9.86. The lowest BCUT2D eigenvalue weighted by Gasteiger charge is -2.38. The van der Waals surface area contributed by atoms with Crippen molar-refractivity contribution in [2.75, 3.05) is 26.2 Å². The fourth-order valence-corrected chi connectivity index (χ4v) is 4.05. The summed E-state index contributed by atoms with van der Waals surface area (Å²) in [6.07, 6.45) is 12.8. The molecule has 0 aromatic heterocycles. The molecule has 2 nitrogen and oxygen atoms in total. The molecule has 1 saturated heterocycles. The van der Waals surface area contributed by atoms with Crippen molar-refractivity contribution in [3.05, 3.63) is 0 Å². The number of nitrogens with zero attached hydrogens (tertiary/aromatic N) is 1. The van der Waals surface area contributed by atoms with E-state index in [2.05, 4.69) is 24.1 Å². The first-order chi connectivity index (χ1) is 9.26. The van der Waals surface area contributed by atoms with Crippen LogP contribution in [0.3, 0.4) is 0 Å². The largest absolute Gasteiger partial charge is 0.316 e. The minimum Gasteiger partial charge on any atom is -0.316 e. The van der Waals surface area contributed by atoms with Crippen molar-refractivity contribution in [1.82, 2.24) is 10.2 Å². The minimum atomic E-state index is 0.591. The van der Waals surface area contributed by atoms with Crippen LogP contribution in [-0.2, 0) is 0 Å². The maximum absolute atomic E-state index is 3.71. The van der Waals surface area contributed by atoms with Gasteiger partial charge in [0.15, 0.2) is 0 Å². The number of hydrogen-bond acceptors (Lipinski definition) is 2. The van der Waals surface area contributed by atoms with Crippen molar-refractivity contribution < 1.29 is 0 Å². The van der Waals surface area contributed by atoms with Crippen molar-refractivity contribution in [2.45, 2.75) is 77.7 Å². The lowest BCUT2D eigenvalue weighted by Crippen LogP contribution is -2.45. The van der Waals surface area contributed by atoms with E-state index in [1.54, 1.807) is 0 Å². The van der Waals surface area contributed by atoms with Gasteiger partial charge in [0.05, 0.1) is 0 Å². The van der Waals surface area contributed by atoms with Crippen LogP contribution in [0.1, 0.15) is 71.6 Å². The van der Waals surface area contributed by atoms with E-state index in [0.29, 0.717) is 5.41 Å². The Balaban J connectivity index is 1.90. The molecule has 1 heterocycles. The van der Waals surface area contributed by atoms with Crippen LogP contribution in [0, 0.1) is 5.41 Å². The highest BCUT2D eigenvalue weighted by Crippen LogP contribution is 2.39. The SMILES string of the molecule is CCCNCC1(CN2CCCCCC2C)CCCC1. The molecule has 1 unspecified atom stereocenters. The second kappa shape index (κ2) is 7.64. The molecule has 0 aromatic rings. The highest BCUT2D eigenvalue weighted by molar-refractivity contribution is 4.91. The third-order valence-corrected chi connectivity index (χ3v) is 5.32. The van der Waals surface area contributed by atoms with Crippen molar-refractivity contribution in [2.24, 2.45) is 5.41 Å². The molecule has 0 spiro atoms. The molecule has 1 atom stereocenters. The van der Waals surface area contributed by atoms with E-state index >= 15 is 0 Å². The Morgan fingerprint density at radius 2 is 1.89 bits per heavy atom. The molecule has 0 amide bonds. The first-order valence-electron chi connectivity index (χ1n) is 8.70. The standard InChI is InChI=1S/C17H34N2/c1-3-12-18-14-17(10-6-7-11-17)15-19-13-8-4-5-9-16(19)2/h16,18H,3-15H2,1-2H3. The van der Waals surface area contributed by atoms with Gasteiger partial charge in [0, 0.05) is 19.1 Å². The van der Waals surface area contributed by atoms with Gasteiger partial charge in [0.2, 0.25) is 0 Å². The molecule has 0 radical (unpaired) electrons. The molecule has 19 heavy (non-hydrogen) atoms. The first-order valence-corrected chi connectivity index (χ1v) is 8.70. The topological polar surface area (TPSA) is 15.3 Å². The third-order valence-electron chi connectivity index (χ3n) is 5.32. The van der Waals surface area contributed by atoms with Gasteiger partial charge in [-0.25, -0.2) is 0 Å². The van der Waals surface area contributed by atoms with Crippen LogP contribution < -0.4 is 5.32 Å². The van der Waals surface area contributed by atoms with E-state index in [4.69, 9.17) is 0 Å². The van der Waals surface area contributed by atoms with E-state index in [9.17, 15) is 0 Å². The van der Waals surface area contributed by atoms with Crippen LogP contribution in [0.25, 0.3) is 0 Å². The maximum Gasteiger partial charge on any atom is 0.00671 e. The van der Waals surface area contributed by atoms with E-state index in [-0.39, 0.29) is 0 Å². The molecule has 1 aliphatic heterocycles. The van der Waals surface area contributed by atoms with Crippen LogP contribution in [-0.4, -0.2) is 37.1 Å². The van der Waals surface area contributed by atoms with Crippen LogP contribution in [0.4, 0.5) is 0 Å². The maximum atomic E-state index is 3.71. The summed E-state index contributed by atoms with van der Waals surface area (Å²) in [5.74, 6) is 0. The Kier molecular flexibility index (Phi) is 6.15. The van der Waals surface area contributed by atoms with Crippen molar-refractivity contribution in [3.63, 3.8) is 0 Å². The molecule has 1 N–H and O–H groups in total. The molecule has 0 bridgehead atoms. The molecule has 2 heteroatoms. The van der Waals surface area contributed by atoms with Gasteiger partial charge in [0.25, 0.3) is 0 Å². The van der Waals surface area contributed by atoms with E-state index < -0.39 is 0 Å². The highest BCUT2D eigenvalue weighted by atomic mass is 15.2. The second-order valence-electron chi connectivity index (χ2n) is 7.05. The zero-order valence-corrected chi connectivity index (χ0v) is 13.2. The number of hydrogen-bond donors (Lipinski definition) is 1. The lowest BCUT2D eigenvalue weighted by molar-refractivity contribution is 0.117. The fraction of sp³-hybridized carbons (Fsp3) is 1.00. The van der Waals surface area contributed by atoms with Gasteiger partial charge in [0.1, 0.15) is 0 Å². The molecule has 2 rings (SSSR count). The Morgan fingerprint density at radius 3 is 2.63 bits per heavy atom. The predicted octanol–water partition coefficient (Wildman–Crippen LogP) is 3.81. The summed E-state index contributed by atoms with van der Waals surface area (Å²) >= 11 is 0. The normalized spacial score (nSPS) is 28.4. The van der Waals surface area contributed by atoms with Gasteiger partial charge in [-0.3, -0.25) is 0 Å². The molecule has 112 valence electrons. The van der Waals surface area contributed by atoms with Gasteiger partial charge in [-0.15, -0.1) is 0 Å². The van der Waals surface area contributed by atoms with Crippen LogP contribution in [0.2, 0.25) is 0 Å². The van der Waals surface area contributed by atoms with Gasteiger partial charge < -0.3 is 10.2 Å². The second-order valence-corrected chi connectivity index (χ2v) is 7.05. The third kappa shape index (κ3) is 4.46. The van der Waals surface area contributed by atoms with Crippen molar-refractivity contribution >= 4 is 0 Å². The Hall–Kier alpha value is -0.0800. The molecule has 2 aliphatic rings. The number of nitrogens with one attached hydrogen (secondary N) is 1. The Morgan fingerprint density at radius 1 is 1.11 bits per heavy atom. The summed E-state index contributed by atoms with van der Waals surface area (Å²) in [5, 5.41) is 3.71. The van der Waals surface area contributed by atoms with E-state index in [0.717, 1.165) is 6.04 Å². The van der Waals surface area contributed by atoms with E-state index in [1.165, 1.54) is 84.0 Å². The summed E-state index contributed by atoms with van der Waals surface area (Å²) in [6, 6.07) is 0.811. The van der Waals surface area contributed by atoms with Gasteiger partial charge in [-0.2, -0.15) is 0 Å². The molecule has 2 fully saturated rings. The minimum absolute atomic E-state index is 0.591. The first kappa shape index (κ1) is 15.3. The van der Waals surface area contributed by atoms with E-state index in [1.807, 2.05) is 0 Å². The number of rotatable bonds is 6. The van der Waals surface area contributed by atoms with Crippen LogP contribution in [0.15, 0.2) is 0 Å². The monoisotopic (exact) mass is 266 g/mol. The summed E-state index contributed by atoms with van der Waals surface area (Å²) < 4.78 is 0. The highest BCUT2D eigenvalue weighted by Gasteiger charge is 2.36. The van der Waals surface area contributed by atoms with Gasteiger partial charge in [-0.1, -0.05) is 32.6 Å². The molecular weight excluding hydrogens is 232 g/mol. The zero-order chi connectivity index (χ0) is 13.6. The van der Waals surface area contributed by atoms with Gasteiger partial charge in [-0.05, 0) is 57.5 Å².